The van der Waals surface area contributed by atoms with E-state index in [4.69, 9.17) is 4.74 Å². The van der Waals surface area contributed by atoms with Gasteiger partial charge in [0.25, 0.3) is 0 Å². The van der Waals surface area contributed by atoms with Crippen molar-refractivity contribution in [1.29, 1.82) is 0 Å². The smallest absolute Gasteiger partial charge is 0.243 e. The van der Waals surface area contributed by atoms with Gasteiger partial charge >= 0.3 is 0 Å². The maximum atomic E-state index is 12.8. The van der Waals surface area contributed by atoms with Crippen LogP contribution in [0.5, 0.6) is 11.5 Å². The molecule has 0 atom stereocenters. The molecule has 0 fully saturated rings. The molecule has 1 N–H and O–H groups in total. The first kappa shape index (κ1) is 24.0. The van der Waals surface area contributed by atoms with Crippen LogP contribution < -0.4 is 15.0 Å². The largest absolute Gasteiger partial charge is 0.457 e. The Morgan fingerprint density at radius 3 is 2.00 bits per heavy atom. The Kier molecular flexibility index (Phi) is 7.47. The zero-order valence-electron chi connectivity index (χ0n) is 18.6. The number of carbonyl (C=O) groups excluding carboxylic acids is 2. The van der Waals surface area contributed by atoms with Gasteiger partial charge in [-0.25, -0.2) is 8.42 Å². The van der Waals surface area contributed by atoms with Crippen LogP contribution in [0.25, 0.3) is 0 Å². The molecule has 9 heteroatoms. The van der Waals surface area contributed by atoms with Crippen molar-refractivity contribution in [3.63, 3.8) is 0 Å². The van der Waals surface area contributed by atoms with E-state index in [0.29, 0.717) is 22.9 Å². The monoisotopic (exact) mass is 467 g/mol. The summed E-state index contributed by atoms with van der Waals surface area (Å²) in [6, 6.07) is 22.0. The Morgan fingerprint density at radius 2 is 1.42 bits per heavy atom. The van der Waals surface area contributed by atoms with Gasteiger partial charge in [0, 0.05) is 32.4 Å². The lowest BCUT2D eigenvalue weighted by Gasteiger charge is -2.22. The number of rotatable bonds is 8. The van der Waals surface area contributed by atoms with Crippen LogP contribution in [0, 0.1) is 0 Å². The second kappa shape index (κ2) is 10.3. The number of benzene rings is 3. The van der Waals surface area contributed by atoms with Crippen LogP contribution in [0.2, 0.25) is 0 Å². The van der Waals surface area contributed by atoms with Crippen molar-refractivity contribution in [2.75, 3.05) is 30.9 Å². The van der Waals surface area contributed by atoms with E-state index >= 15 is 0 Å². The van der Waals surface area contributed by atoms with Crippen molar-refractivity contribution < 1.29 is 22.7 Å². The predicted octanol–water partition coefficient (Wildman–Crippen LogP) is 3.72. The van der Waals surface area contributed by atoms with E-state index in [9.17, 15) is 18.0 Å². The van der Waals surface area contributed by atoms with E-state index in [0.717, 1.165) is 4.31 Å². The number of amides is 2. The molecule has 0 aromatic heterocycles. The van der Waals surface area contributed by atoms with Gasteiger partial charge in [0.1, 0.15) is 11.5 Å². The average Bonchev–Trinajstić information content (AvgIpc) is 2.79. The summed E-state index contributed by atoms with van der Waals surface area (Å²) < 4.78 is 32.4. The molecule has 0 aliphatic carbocycles. The minimum Gasteiger partial charge on any atom is -0.457 e. The van der Waals surface area contributed by atoms with E-state index in [1.54, 1.807) is 31.3 Å². The summed E-state index contributed by atoms with van der Waals surface area (Å²) in [5.74, 6) is 0.670. The van der Waals surface area contributed by atoms with Gasteiger partial charge in [-0.15, -0.1) is 0 Å². The quantitative estimate of drug-likeness (QED) is 0.545. The molecule has 2 amide bonds. The standard InChI is InChI=1S/C24H25N3O5S/c1-18(28)25-19-9-15-23(16-10-19)33(30,31)26(2)17-24(29)27(3)20-11-13-22(14-12-20)32-21-7-5-4-6-8-21/h4-16H,17H2,1-3H3,(H,25,28). The van der Waals surface area contributed by atoms with Gasteiger partial charge in [-0.3, -0.25) is 9.59 Å². The number of nitrogens with one attached hydrogen (secondary N) is 1. The fraction of sp³-hybridized carbons (Fsp3) is 0.167. The normalized spacial score (nSPS) is 11.2. The molecule has 8 nitrogen and oxygen atoms in total. The molecule has 3 rings (SSSR count). The number of hydrogen-bond donors (Lipinski definition) is 1. The summed E-state index contributed by atoms with van der Waals surface area (Å²) in [4.78, 5) is 25.3. The Morgan fingerprint density at radius 1 is 0.848 bits per heavy atom. The SMILES string of the molecule is CC(=O)Nc1ccc(S(=O)(=O)N(C)CC(=O)N(C)c2ccc(Oc3ccccc3)cc2)cc1. The molecule has 3 aromatic rings. The van der Waals surface area contributed by atoms with Gasteiger partial charge in [0.2, 0.25) is 21.8 Å². The Labute approximate surface area is 193 Å². The molecule has 0 bridgehead atoms. The van der Waals surface area contributed by atoms with Crippen molar-refractivity contribution in [2.45, 2.75) is 11.8 Å². The van der Waals surface area contributed by atoms with Crippen molar-refractivity contribution in [2.24, 2.45) is 0 Å². The highest BCUT2D eigenvalue weighted by atomic mass is 32.2. The fourth-order valence-corrected chi connectivity index (χ4v) is 4.10. The molecule has 0 aliphatic heterocycles. The lowest BCUT2D eigenvalue weighted by Crippen LogP contribution is -2.39. The number of ether oxygens (including phenoxy) is 1. The third-order valence-electron chi connectivity index (χ3n) is 4.82. The summed E-state index contributed by atoms with van der Waals surface area (Å²) in [5, 5.41) is 2.58. The van der Waals surface area contributed by atoms with E-state index in [-0.39, 0.29) is 17.3 Å². The first-order valence-electron chi connectivity index (χ1n) is 10.1. The summed E-state index contributed by atoms with van der Waals surface area (Å²) in [7, 11) is -0.955. The number of para-hydroxylation sites is 1. The van der Waals surface area contributed by atoms with Gasteiger partial charge in [-0.1, -0.05) is 18.2 Å². The molecular formula is C24H25N3O5S. The molecule has 0 aliphatic rings. The number of hydrogen-bond acceptors (Lipinski definition) is 5. The van der Waals surface area contributed by atoms with Crippen LogP contribution in [0.1, 0.15) is 6.92 Å². The summed E-state index contributed by atoms with van der Waals surface area (Å²) in [6.45, 7) is 1.03. The van der Waals surface area contributed by atoms with Crippen LogP contribution in [0.3, 0.4) is 0 Å². The third-order valence-corrected chi connectivity index (χ3v) is 6.64. The van der Waals surface area contributed by atoms with E-state index in [1.165, 1.54) is 43.1 Å². The van der Waals surface area contributed by atoms with Crippen molar-refractivity contribution in [3.05, 3.63) is 78.9 Å². The van der Waals surface area contributed by atoms with Gasteiger partial charge < -0.3 is 15.0 Å². The van der Waals surface area contributed by atoms with Crippen LogP contribution in [-0.2, 0) is 19.6 Å². The third kappa shape index (κ3) is 6.18. The number of likely N-dealkylation sites (N-methyl/N-ethyl adjacent to an activating group) is 2. The molecule has 0 heterocycles. The molecule has 3 aromatic carbocycles. The zero-order valence-corrected chi connectivity index (χ0v) is 19.4. The van der Waals surface area contributed by atoms with Gasteiger partial charge in [0.05, 0.1) is 11.4 Å². The Bertz CT molecular complexity index is 1210. The molecule has 33 heavy (non-hydrogen) atoms. The van der Waals surface area contributed by atoms with Crippen molar-refractivity contribution in [1.82, 2.24) is 4.31 Å². The zero-order chi connectivity index (χ0) is 24.0. The Hall–Kier alpha value is -3.69. The second-order valence-corrected chi connectivity index (χ2v) is 9.37. The lowest BCUT2D eigenvalue weighted by molar-refractivity contribution is -0.118. The fourth-order valence-electron chi connectivity index (χ4n) is 2.98. The maximum absolute atomic E-state index is 12.8. The van der Waals surface area contributed by atoms with Crippen molar-refractivity contribution in [3.8, 4) is 11.5 Å². The van der Waals surface area contributed by atoms with E-state index in [2.05, 4.69) is 5.32 Å². The topological polar surface area (TPSA) is 96.0 Å². The highest BCUT2D eigenvalue weighted by Crippen LogP contribution is 2.24. The first-order valence-corrected chi connectivity index (χ1v) is 11.5. The summed E-state index contributed by atoms with van der Waals surface area (Å²) >= 11 is 0. The molecule has 0 saturated carbocycles. The number of carbonyl (C=O) groups is 2. The van der Waals surface area contributed by atoms with Crippen molar-refractivity contribution >= 4 is 33.2 Å². The first-order chi connectivity index (χ1) is 15.7. The molecule has 0 radical (unpaired) electrons. The molecule has 172 valence electrons. The summed E-state index contributed by atoms with van der Waals surface area (Å²) in [5.41, 5.74) is 1.09. The molecule has 0 spiro atoms. The minimum absolute atomic E-state index is 0.0250. The number of anilines is 2. The van der Waals surface area contributed by atoms with Crippen LogP contribution in [0.15, 0.2) is 83.8 Å². The van der Waals surface area contributed by atoms with Crippen LogP contribution in [0.4, 0.5) is 11.4 Å². The highest BCUT2D eigenvalue weighted by molar-refractivity contribution is 7.89. The molecular weight excluding hydrogens is 442 g/mol. The maximum Gasteiger partial charge on any atom is 0.243 e. The average molecular weight is 468 g/mol. The minimum atomic E-state index is -3.88. The lowest BCUT2D eigenvalue weighted by atomic mass is 10.2. The van der Waals surface area contributed by atoms with Crippen LogP contribution in [-0.4, -0.2) is 45.2 Å². The van der Waals surface area contributed by atoms with E-state index in [1.807, 2.05) is 30.3 Å². The van der Waals surface area contributed by atoms with Gasteiger partial charge in [0.15, 0.2) is 0 Å². The highest BCUT2D eigenvalue weighted by Gasteiger charge is 2.24. The second-order valence-electron chi connectivity index (χ2n) is 7.33. The van der Waals surface area contributed by atoms with Crippen LogP contribution >= 0.6 is 0 Å². The number of sulfonamides is 1. The number of nitrogens with zero attached hydrogens (tertiary/aromatic N) is 2. The molecule has 0 saturated heterocycles. The Balaban J connectivity index is 1.64. The van der Waals surface area contributed by atoms with E-state index < -0.39 is 15.9 Å². The predicted molar refractivity (Wildman–Crippen MR) is 127 cm³/mol. The van der Waals surface area contributed by atoms with Gasteiger partial charge in [-0.05, 0) is 60.7 Å². The molecule has 0 unspecified atom stereocenters. The summed E-state index contributed by atoms with van der Waals surface area (Å²) in [6.07, 6.45) is 0. The van der Waals surface area contributed by atoms with Gasteiger partial charge in [-0.2, -0.15) is 4.31 Å².